The van der Waals surface area contributed by atoms with Crippen LogP contribution in [-0.4, -0.2) is 9.56 Å². The van der Waals surface area contributed by atoms with E-state index in [-0.39, 0.29) is 10.5 Å². The summed E-state index contributed by atoms with van der Waals surface area (Å²) in [5.41, 5.74) is 6.89. The average molecular weight is 306 g/mol. The number of rotatable bonds is 5. The first-order chi connectivity index (χ1) is 9.50. The van der Waals surface area contributed by atoms with Crippen molar-refractivity contribution in [2.75, 3.05) is 0 Å². The van der Waals surface area contributed by atoms with Gasteiger partial charge < -0.3 is 10.3 Å². The summed E-state index contributed by atoms with van der Waals surface area (Å²) in [5, 5.41) is 2.01. The molecule has 0 saturated heterocycles. The van der Waals surface area contributed by atoms with E-state index in [1.165, 1.54) is 0 Å². The Morgan fingerprint density at radius 2 is 2.15 bits per heavy atom. The van der Waals surface area contributed by atoms with Gasteiger partial charge in [0.05, 0.1) is 16.1 Å². The number of pyridine rings is 1. The van der Waals surface area contributed by atoms with Gasteiger partial charge in [-0.1, -0.05) is 32.1 Å². The van der Waals surface area contributed by atoms with E-state index in [1.807, 2.05) is 23.6 Å². The number of nitrogens with zero attached hydrogens (tertiary/aromatic N) is 1. The summed E-state index contributed by atoms with van der Waals surface area (Å²) < 4.78 is 1.79. The quantitative estimate of drug-likeness (QED) is 0.863. The monoisotopic (exact) mass is 306 g/mol. The normalized spacial score (nSPS) is 10.9. The number of thiocarbonyl (C=S) groups is 1. The fourth-order valence-corrected chi connectivity index (χ4v) is 2.93. The van der Waals surface area contributed by atoms with Crippen molar-refractivity contribution < 1.29 is 0 Å². The Kier molecular flexibility index (Phi) is 4.73. The van der Waals surface area contributed by atoms with Crippen LogP contribution in [0, 0.1) is 5.92 Å². The molecule has 0 aliphatic carbocycles. The molecule has 2 heterocycles. The Morgan fingerprint density at radius 3 is 2.70 bits per heavy atom. The average Bonchev–Trinajstić information content (AvgIpc) is 2.89. The molecule has 0 bridgehead atoms. The van der Waals surface area contributed by atoms with E-state index in [0.29, 0.717) is 18.0 Å². The Morgan fingerprint density at radius 1 is 1.40 bits per heavy atom. The Labute approximate surface area is 128 Å². The van der Waals surface area contributed by atoms with Crippen molar-refractivity contribution >= 4 is 28.5 Å². The van der Waals surface area contributed by atoms with Gasteiger partial charge in [0.1, 0.15) is 4.99 Å². The molecule has 0 amide bonds. The molecule has 0 unspecified atom stereocenters. The van der Waals surface area contributed by atoms with Crippen LogP contribution in [0.25, 0.3) is 10.6 Å². The van der Waals surface area contributed by atoms with Gasteiger partial charge in [-0.25, -0.2) is 0 Å². The number of hydrogen-bond acceptors (Lipinski definition) is 3. The molecule has 2 rings (SSSR count). The third-order valence-electron chi connectivity index (χ3n) is 3.14. The highest BCUT2D eigenvalue weighted by atomic mass is 32.1. The summed E-state index contributed by atoms with van der Waals surface area (Å²) >= 11 is 6.58. The second-order valence-electron chi connectivity index (χ2n) is 5.11. The first-order valence-corrected chi connectivity index (χ1v) is 7.87. The lowest BCUT2D eigenvalue weighted by Gasteiger charge is -2.14. The van der Waals surface area contributed by atoms with E-state index in [1.54, 1.807) is 22.0 Å². The van der Waals surface area contributed by atoms with Crippen LogP contribution in [-0.2, 0) is 6.54 Å². The second-order valence-corrected chi connectivity index (χ2v) is 6.50. The van der Waals surface area contributed by atoms with Crippen LogP contribution in [0.4, 0.5) is 0 Å². The van der Waals surface area contributed by atoms with E-state index in [0.717, 1.165) is 17.0 Å². The zero-order valence-corrected chi connectivity index (χ0v) is 13.3. The summed E-state index contributed by atoms with van der Waals surface area (Å²) in [6, 6.07) is 7.66. The van der Waals surface area contributed by atoms with Crippen LogP contribution in [0.15, 0.2) is 34.4 Å². The van der Waals surface area contributed by atoms with Crippen LogP contribution in [0.3, 0.4) is 0 Å². The van der Waals surface area contributed by atoms with Gasteiger partial charge in [-0.05, 0) is 35.9 Å². The minimum Gasteiger partial charge on any atom is -0.389 e. The van der Waals surface area contributed by atoms with E-state index in [2.05, 4.69) is 13.8 Å². The van der Waals surface area contributed by atoms with Crippen molar-refractivity contribution in [1.29, 1.82) is 0 Å². The smallest absolute Gasteiger partial charge is 0.261 e. The maximum atomic E-state index is 12.5. The molecule has 0 aromatic carbocycles. The predicted octanol–water partition coefficient (Wildman–Crippen LogP) is 3.26. The summed E-state index contributed by atoms with van der Waals surface area (Å²) in [4.78, 5) is 13.8. The van der Waals surface area contributed by atoms with Crippen LogP contribution >= 0.6 is 23.6 Å². The zero-order valence-electron chi connectivity index (χ0n) is 11.6. The topological polar surface area (TPSA) is 48.0 Å². The molecular weight excluding hydrogens is 288 g/mol. The van der Waals surface area contributed by atoms with Crippen molar-refractivity contribution in [1.82, 2.24) is 4.57 Å². The minimum atomic E-state index is -0.0935. The van der Waals surface area contributed by atoms with Crippen molar-refractivity contribution in [2.45, 2.75) is 26.8 Å². The molecule has 3 nitrogen and oxygen atoms in total. The lowest BCUT2D eigenvalue weighted by molar-refractivity contribution is 0.511. The molecule has 0 aliphatic rings. The standard InChI is InChI=1S/C15H18N2OS2/c1-10(2)7-8-17-12(13-4-3-9-20-13)6-5-11(14(16)19)15(17)18/h3-6,9-10H,7-8H2,1-2H3,(H2,16,19). The fourth-order valence-electron chi connectivity index (χ4n) is 2.01. The van der Waals surface area contributed by atoms with Crippen LogP contribution < -0.4 is 11.3 Å². The molecule has 2 aromatic rings. The largest absolute Gasteiger partial charge is 0.389 e. The van der Waals surface area contributed by atoms with Gasteiger partial charge in [0, 0.05) is 6.54 Å². The molecular formula is C15H18N2OS2. The van der Waals surface area contributed by atoms with E-state index >= 15 is 0 Å². The highest BCUT2D eigenvalue weighted by Crippen LogP contribution is 2.24. The minimum absolute atomic E-state index is 0.0935. The van der Waals surface area contributed by atoms with Crippen molar-refractivity contribution in [3.8, 4) is 10.6 Å². The van der Waals surface area contributed by atoms with Crippen LogP contribution in [0.2, 0.25) is 0 Å². The molecule has 20 heavy (non-hydrogen) atoms. The van der Waals surface area contributed by atoms with Gasteiger partial charge in [0.2, 0.25) is 0 Å². The molecule has 0 aliphatic heterocycles. The SMILES string of the molecule is CC(C)CCn1c(-c2cccs2)ccc(C(N)=S)c1=O. The maximum Gasteiger partial charge on any atom is 0.261 e. The summed E-state index contributed by atoms with van der Waals surface area (Å²) in [6.07, 6.45) is 0.944. The van der Waals surface area contributed by atoms with Gasteiger partial charge in [0.25, 0.3) is 5.56 Å². The van der Waals surface area contributed by atoms with E-state index < -0.39 is 0 Å². The Hall–Kier alpha value is -1.46. The van der Waals surface area contributed by atoms with Gasteiger partial charge >= 0.3 is 0 Å². The number of thiophene rings is 1. The van der Waals surface area contributed by atoms with Gasteiger partial charge in [-0.15, -0.1) is 11.3 Å². The first kappa shape index (κ1) is 14.9. The van der Waals surface area contributed by atoms with Crippen molar-refractivity contribution in [3.05, 3.63) is 45.6 Å². The number of hydrogen-bond donors (Lipinski definition) is 1. The molecule has 2 N–H and O–H groups in total. The van der Waals surface area contributed by atoms with E-state index in [4.69, 9.17) is 18.0 Å². The third-order valence-corrected chi connectivity index (χ3v) is 4.26. The highest BCUT2D eigenvalue weighted by molar-refractivity contribution is 7.80. The number of aromatic nitrogens is 1. The van der Waals surface area contributed by atoms with Crippen LogP contribution in [0.5, 0.6) is 0 Å². The van der Waals surface area contributed by atoms with Gasteiger partial charge in [-0.3, -0.25) is 4.79 Å². The summed E-state index contributed by atoms with van der Waals surface area (Å²) in [6.45, 7) is 4.97. The highest BCUT2D eigenvalue weighted by Gasteiger charge is 2.13. The number of nitrogens with two attached hydrogens (primary N) is 1. The van der Waals surface area contributed by atoms with Crippen molar-refractivity contribution in [3.63, 3.8) is 0 Å². The Bertz CT molecular complexity index is 657. The van der Waals surface area contributed by atoms with Gasteiger partial charge in [-0.2, -0.15) is 0 Å². The van der Waals surface area contributed by atoms with E-state index in [9.17, 15) is 4.79 Å². The van der Waals surface area contributed by atoms with Crippen molar-refractivity contribution in [2.24, 2.45) is 11.7 Å². The molecule has 5 heteroatoms. The molecule has 0 fully saturated rings. The Balaban J connectivity index is 2.54. The van der Waals surface area contributed by atoms with Gasteiger partial charge in [0.15, 0.2) is 0 Å². The lowest BCUT2D eigenvalue weighted by atomic mass is 10.1. The molecule has 0 spiro atoms. The third kappa shape index (κ3) is 3.16. The molecule has 2 aromatic heterocycles. The maximum absolute atomic E-state index is 12.5. The fraction of sp³-hybridized carbons (Fsp3) is 0.333. The molecule has 0 radical (unpaired) electrons. The zero-order chi connectivity index (χ0) is 14.7. The summed E-state index contributed by atoms with van der Waals surface area (Å²) in [5.74, 6) is 0.534. The second kappa shape index (κ2) is 6.33. The first-order valence-electron chi connectivity index (χ1n) is 6.58. The van der Waals surface area contributed by atoms with Crippen LogP contribution in [0.1, 0.15) is 25.8 Å². The molecule has 0 saturated carbocycles. The molecule has 106 valence electrons. The molecule has 0 atom stereocenters. The lowest BCUT2D eigenvalue weighted by Crippen LogP contribution is -2.30. The summed E-state index contributed by atoms with van der Waals surface area (Å²) in [7, 11) is 0. The predicted molar refractivity (Wildman–Crippen MR) is 89.4 cm³/mol.